The highest BCUT2D eigenvalue weighted by atomic mass is 16.6. The quantitative estimate of drug-likeness (QED) is 0.463. The van der Waals surface area contributed by atoms with Crippen LogP contribution in [0.25, 0.3) is 0 Å². The number of ether oxygens (including phenoxy) is 3. The molecular weight excluding hydrogens is 260 g/mol. The molecule has 0 atom stereocenters. The zero-order chi connectivity index (χ0) is 16.6. The number of aliphatic hydroxyl groups excluding tert-OH is 1. The van der Waals surface area contributed by atoms with E-state index in [0.717, 1.165) is 0 Å². The first-order valence-corrected chi connectivity index (χ1v) is 6.44. The summed E-state index contributed by atoms with van der Waals surface area (Å²) in [6.07, 6.45) is 3.93. The van der Waals surface area contributed by atoms with E-state index in [4.69, 9.17) is 5.11 Å². The summed E-state index contributed by atoms with van der Waals surface area (Å²) >= 11 is 0. The van der Waals surface area contributed by atoms with Gasteiger partial charge in [-0.1, -0.05) is 19.1 Å². The lowest BCUT2D eigenvalue weighted by Crippen LogP contribution is -2.07. The normalized spacial score (nSPS) is 7.50. The molecule has 0 saturated carbocycles. The summed E-state index contributed by atoms with van der Waals surface area (Å²) in [4.78, 5) is 10.4. The molecule has 0 radical (unpaired) electrons. The van der Waals surface area contributed by atoms with Gasteiger partial charge in [0, 0.05) is 20.6 Å². The van der Waals surface area contributed by atoms with E-state index < -0.39 is 0 Å². The molecule has 5 heteroatoms. The smallest absolute Gasteiger partial charge is 0.305 e. The first kappa shape index (κ1) is 27.2. The van der Waals surface area contributed by atoms with E-state index in [-0.39, 0.29) is 12.6 Å². The maximum absolute atomic E-state index is 10.4. The minimum atomic E-state index is -0.174. The van der Waals surface area contributed by atoms with Crippen LogP contribution in [-0.4, -0.2) is 51.7 Å². The van der Waals surface area contributed by atoms with Gasteiger partial charge in [0.1, 0.15) is 6.61 Å². The van der Waals surface area contributed by atoms with Crippen molar-refractivity contribution in [3.8, 4) is 0 Å². The number of methoxy groups -OCH3 is 2. The first-order valence-electron chi connectivity index (χ1n) is 6.44. The Morgan fingerprint density at radius 3 is 1.65 bits per heavy atom. The Morgan fingerprint density at radius 1 is 1.05 bits per heavy atom. The third kappa shape index (κ3) is 68.8. The fourth-order valence-corrected chi connectivity index (χ4v) is 0.432. The number of allylic oxidation sites excluding steroid dienone is 2. The molecule has 0 amide bonds. The molecule has 0 aromatic heterocycles. The number of esters is 1. The van der Waals surface area contributed by atoms with Crippen molar-refractivity contribution in [2.45, 2.75) is 27.2 Å². The van der Waals surface area contributed by atoms with Gasteiger partial charge in [0.15, 0.2) is 0 Å². The van der Waals surface area contributed by atoms with E-state index >= 15 is 0 Å². The van der Waals surface area contributed by atoms with Gasteiger partial charge in [0.05, 0.1) is 19.8 Å². The second kappa shape index (κ2) is 36.1. The average Bonchev–Trinajstić information content (AvgIpc) is 2.42. The minimum Gasteiger partial charge on any atom is -0.463 e. The number of carbonyl (C=O) groups excluding carboxylic acids is 1. The van der Waals surface area contributed by atoms with Crippen molar-refractivity contribution in [2.24, 2.45) is 0 Å². The molecule has 0 rings (SSSR count). The molecule has 0 heterocycles. The number of carbonyl (C=O) groups is 1. The highest BCUT2D eigenvalue weighted by Crippen LogP contribution is 1.82. The highest BCUT2D eigenvalue weighted by molar-refractivity contribution is 5.68. The fraction of sp³-hybridized carbons (Fsp3) is 0.667. The number of hydrogen-bond donors (Lipinski definition) is 1. The van der Waals surface area contributed by atoms with Crippen LogP contribution in [-0.2, 0) is 19.0 Å². The largest absolute Gasteiger partial charge is 0.463 e. The second-order valence-electron chi connectivity index (χ2n) is 3.10. The molecule has 0 fully saturated rings. The predicted octanol–water partition coefficient (Wildman–Crippen LogP) is 2.60. The summed E-state index contributed by atoms with van der Waals surface area (Å²) in [6.45, 7) is 13.7. The molecule has 1 N–H and O–H groups in total. The van der Waals surface area contributed by atoms with Crippen molar-refractivity contribution in [1.29, 1.82) is 0 Å². The maximum Gasteiger partial charge on any atom is 0.305 e. The fourth-order valence-electron chi connectivity index (χ4n) is 0.432. The number of aliphatic hydroxyl groups is 1. The Morgan fingerprint density at radius 2 is 1.45 bits per heavy atom. The Labute approximate surface area is 124 Å². The zero-order valence-electron chi connectivity index (χ0n) is 13.7. The van der Waals surface area contributed by atoms with Gasteiger partial charge in [-0.25, -0.2) is 0 Å². The van der Waals surface area contributed by atoms with Crippen LogP contribution < -0.4 is 0 Å². The third-order valence-corrected chi connectivity index (χ3v) is 1.13. The van der Waals surface area contributed by atoms with Crippen LogP contribution in [0.3, 0.4) is 0 Å². The van der Waals surface area contributed by atoms with Crippen LogP contribution in [0.15, 0.2) is 25.3 Å². The summed E-state index contributed by atoms with van der Waals surface area (Å²) in [5, 5.41) is 7.94. The Balaban J connectivity index is -0.0000000983. The first-order chi connectivity index (χ1) is 9.55. The molecule has 122 valence electrons. The lowest BCUT2D eigenvalue weighted by Gasteiger charge is -1.99. The van der Waals surface area contributed by atoms with Crippen molar-refractivity contribution < 1.29 is 24.1 Å². The van der Waals surface area contributed by atoms with E-state index in [2.05, 4.69) is 27.4 Å². The van der Waals surface area contributed by atoms with Crippen molar-refractivity contribution >= 4 is 5.97 Å². The summed E-state index contributed by atoms with van der Waals surface area (Å²) in [5.41, 5.74) is 0. The van der Waals surface area contributed by atoms with Gasteiger partial charge in [0.2, 0.25) is 0 Å². The molecule has 0 aliphatic heterocycles. The molecule has 0 aromatic rings. The van der Waals surface area contributed by atoms with Gasteiger partial charge >= 0.3 is 5.97 Å². The lowest BCUT2D eigenvalue weighted by molar-refractivity contribution is -0.144. The second-order valence-corrected chi connectivity index (χ2v) is 3.10. The molecule has 0 aliphatic rings. The van der Waals surface area contributed by atoms with Crippen molar-refractivity contribution in [3.63, 3.8) is 0 Å². The van der Waals surface area contributed by atoms with Crippen LogP contribution in [0.1, 0.15) is 27.2 Å². The zero-order valence-corrected chi connectivity index (χ0v) is 13.7. The standard InChI is InChI=1S/C6H12O3.C3H8O2.2C3H6/c1-3-6(7)9-5-4-8-2;1-5-3-2-4;2*1-3-2/h3-5H2,1-2H3;4H,2-3H2,1H3;2*3H,1H2,2H3. The Kier molecular flexibility index (Phi) is 49.1. The molecule has 0 aliphatic carbocycles. The molecule has 5 nitrogen and oxygen atoms in total. The van der Waals surface area contributed by atoms with Gasteiger partial charge < -0.3 is 19.3 Å². The van der Waals surface area contributed by atoms with Gasteiger partial charge in [-0.15, -0.1) is 13.2 Å². The molecule has 0 saturated heterocycles. The van der Waals surface area contributed by atoms with E-state index in [9.17, 15) is 4.79 Å². The molecular formula is C15H32O5. The van der Waals surface area contributed by atoms with E-state index in [0.29, 0.717) is 26.2 Å². The molecule has 0 spiro atoms. The maximum atomic E-state index is 10.4. The number of hydrogen-bond acceptors (Lipinski definition) is 5. The Hall–Kier alpha value is -1.17. The topological polar surface area (TPSA) is 65.0 Å². The van der Waals surface area contributed by atoms with Crippen molar-refractivity contribution in [2.75, 3.05) is 40.6 Å². The van der Waals surface area contributed by atoms with Gasteiger partial charge in [-0.3, -0.25) is 4.79 Å². The van der Waals surface area contributed by atoms with Crippen molar-refractivity contribution in [3.05, 3.63) is 25.3 Å². The number of rotatable bonds is 6. The summed E-state index contributed by atoms with van der Waals surface area (Å²) in [5.74, 6) is -0.174. The molecule has 0 aromatic carbocycles. The van der Waals surface area contributed by atoms with Crippen molar-refractivity contribution in [1.82, 2.24) is 0 Å². The van der Waals surface area contributed by atoms with Crippen LogP contribution in [0, 0.1) is 0 Å². The molecule has 0 unspecified atom stereocenters. The highest BCUT2D eigenvalue weighted by Gasteiger charge is 1.94. The van der Waals surface area contributed by atoms with E-state index in [1.54, 1.807) is 33.3 Å². The minimum absolute atomic E-state index is 0.122. The molecule has 20 heavy (non-hydrogen) atoms. The summed E-state index contributed by atoms with van der Waals surface area (Å²) in [6, 6.07) is 0. The molecule has 0 bridgehead atoms. The van der Waals surface area contributed by atoms with E-state index in [1.807, 2.05) is 13.8 Å². The SMILES string of the molecule is C=CC.C=CC.CCC(=O)OCCOC.COCCO. The lowest BCUT2D eigenvalue weighted by atomic mass is 10.5. The Bertz CT molecular complexity index is 173. The summed E-state index contributed by atoms with van der Waals surface area (Å²) in [7, 11) is 3.12. The van der Waals surface area contributed by atoms with Crippen LogP contribution in [0.4, 0.5) is 0 Å². The average molecular weight is 292 g/mol. The van der Waals surface area contributed by atoms with Gasteiger partial charge in [-0.05, 0) is 13.8 Å². The third-order valence-electron chi connectivity index (χ3n) is 1.13. The predicted molar refractivity (Wildman–Crippen MR) is 83.8 cm³/mol. The van der Waals surface area contributed by atoms with Crippen LogP contribution >= 0.6 is 0 Å². The van der Waals surface area contributed by atoms with Crippen LogP contribution in [0.5, 0.6) is 0 Å². The summed E-state index contributed by atoms with van der Waals surface area (Å²) < 4.78 is 13.8. The van der Waals surface area contributed by atoms with E-state index in [1.165, 1.54) is 0 Å². The van der Waals surface area contributed by atoms with Gasteiger partial charge in [-0.2, -0.15) is 0 Å². The monoisotopic (exact) mass is 292 g/mol. The van der Waals surface area contributed by atoms with Crippen LogP contribution in [0.2, 0.25) is 0 Å². The van der Waals surface area contributed by atoms with Gasteiger partial charge in [0.25, 0.3) is 0 Å².